The molecule has 1 aromatic heterocycles. The van der Waals surface area contributed by atoms with Crippen molar-refractivity contribution in [3.05, 3.63) is 61.8 Å². The summed E-state index contributed by atoms with van der Waals surface area (Å²) < 4.78 is 0. The van der Waals surface area contributed by atoms with E-state index in [0.29, 0.717) is 18.7 Å². The highest BCUT2D eigenvalue weighted by atomic mass is 32.1. The molecule has 1 aliphatic rings. The van der Waals surface area contributed by atoms with Gasteiger partial charge in [0.25, 0.3) is 5.69 Å². The minimum atomic E-state index is -0.363. The Morgan fingerprint density at radius 2 is 2.22 bits per heavy atom. The summed E-state index contributed by atoms with van der Waals surface area (Å²) in [6.45, 7) is 3.59. The highest BCUT2D eigenvalue weighted by molar-refractivity contribution is 7.10. The zero-order valence-electron chi connectivity index (χ0n) is 12.7. The van der Waals surface area contributed by atoms with Gasteiger partial charge in [0.05, 0.1) is 4.92 Å². The second-order valence-corrected chi connectivity index (χ2v) is 6.48. The number of hydrogen-bond acceptors (Lipinski definition) is 5. The molecule has 1 saturated heterocycles. The van der Waals surface area contributed by atoms with E-state index >= 15 is 0 Å². The van der Waals surface area contributed by atoms with Gasteiger partial charge in [0, 0.05) is 36.1 Å². The Morgan fingerprint density at radius 3 is 2.91 bits per heavy atom. The van der Waals surface area contributed by atoms with Gasteiger partial charge in [0.1, 0.15) is 6.04 Å². The van der Waals surface area contributed by atoms with E-state index in [4.69, 9.17) is 0 Å². The number of thiophene rings is 1. The van der Waals surface area contributed by atoms with E-state index in [1.54, 1.807) is 24.3 Å². The number of rotatable bonds is 4. The highest BCUT2D eigenvalue weighted by Gasteiger charge is 2.32. The lowest BCUT2D eigenvalue weighted by Gasteiger charge is -2.34. The van der Waals surface area contributed by atoms with E-state index in [1.165, 1.54) is 6.07 Å². The number of amides is 1. The Bertz CT molecular complexity index is 730. The average Bonchev–Trinajstić information content (AvgIpc) is 3.03. The van der Waals surface area contributed by atoms with E-state index in [0.717, 1.165) is 17.0 Å². The number of nitro benzene ring substituents is 1. The fraction of sp³-hybridized carbons (Fsp3) is 0.312. The first-order valence-electron chi connectivity index (χ1n) is 7.36. The van der Waals surface area contributed by atoms with Crippen LogP contribution in [0, 0.1) is 17.0 Å². The summed E-state index contributed by atoms with van der Waals surface area (Å²) in [7, 11) is 0. The smallest absolute Gasteiger partial charge is 0.272 e. The molecule has 0 aliphatic carbocycles. The number of hydrogen-bond donors (Lipinski definition) is 1. The minimum Gasteiger partial charge on any atom is -0.353 e. The van der Waals surface area contributed by atoms with Crippen molar-refractivity contribution >= 4 is 22.9 Å². The maximum atomic E-state index is 12.3. The van der Waals surface area contributed by atoms with Gasteiger partial charge in [-0.05, 0) is 23.9 Å². The van der Waals surface area contributed by atoms with Crippen molar-refractivity contribution in [3.8, 4) is 0 Å². The standard InChI is InChI=1S/C16H17N3O3S/c1-11-12(4-2-5-13(11)19(21)22)10-18-8-7-17-16(20)15(18)14-6-3-9-23-14/h2-6,9,15H,7-8,10H2,1H3,(H,17,20)/t15-/m1/s1. The first-order chi connectivity index (χ1) is 11.1. The molecule has 7 heteroatoms. The number of carbonyl (C=O) groups is 1. The van der Waals surface area contributed by atoms with Crippen LogP contribution in [0.3, 0.4) is 0 Å². The third-order valence-corrected chi connectivity index (χ3v) is 5.04. The number of nitrogens with zero attached hydrogens (tertiary/aromatic N) is 2. The maximum absolute atomic E-state index is 12.3. The monoisotopic (exact) mass is 331 g/mol. The lowest BCUT2D eigenvalue weighted by molar-refractivity contribution is -0.385. The number of nitrogens with one attached hydrogen (secondary N) is 1. The molecule has 3 rings (SSSR count). The molecule has 0 spiro atoms. The summed E-state index contributed by atoms with van der Waals surface area (Å²) in [6, 6.07) is 8.65. The Kier molecular flexibility index (Phi) is 4.40. The Balaban J connectivity index is 1.90. The summed E-state index contributed by atoms with van der Waals surface area (Å²) in [6.07, 6.45) is 0. The average molecular weight is 331 g/mol. The SMILES string of the molecule is Cc1c(CN2CCNC(=O)[C@H]2c2cccs2)cccc1[N+](=O)[O-]. The minimum absolute atomic E-state index is 0.0122. The van der Waals surface area contributed by atoms with Gasteiger partial charge in [-0.3, -0.25) is 19.8 Å². The molecular formula is C16H17N3O3S. The molecule has 1 N–H and O–H groups in total. The van der Waals surface area contributed by atoms with E-state index in [2.05, 4.69) is 10.2 Å². The van der Waals surface area contributed by atoms with Crippen LogP contribution < -0.4 is 5.32 Å². The molecule has 0 bridgehead atoms. The number of piperazine rings is 1. The van der Waals surface area contributed by atoms with Crippen molar-refractivity contribution in [3.63, 3.8) is 0 Å². The molecule has 1 atom stereocenters. The van der Waals surface area contributed by atoms with Crippen LogP contribution in [-0.2, 0) is 11.3 Å². The topological polar surface area (TPSA) is 75.5 Å². The van der Waals surface area contributed by atoms with Crippen molar-refractivity contribution in [1.82, 2.24) is 10.2 Å². The molecule has 2 heterocycles. The summed E-state index contributed by atoms with van der Waals surface area (Å²) in [4.78, 5) is 26.1. The summed E-state index contributed by atoms with van der Waals surface area (Å²) in [5.41, 5.74) is 1.67. The van der Waals surface area contributed by atoms with Crippen molar-refractivity contribution in [1.29, 1.82) is 0 Å². The molecule has 0 saturated carbocycles. The zero-order valence-corrected chi connectivity index (χ0v) is 13.5. The van der Waals surface area contributed by atoms with Gasteiger partial charge in [-0.15, -0.1) is 11.3 Å². The van der Waals surface area contributed by atoms with Crippen LogP contribution >= 0.6 is 11.3 Å². The van der Waals surface area contributed by atoms with Gasteiger partial charge in [0.2, 0.25) is 5.91 Å². The van der Waals surface area contributed by atoms with Gasteiger partial charge >= 0.3 is 0 Å². The van der Waals surface area contributed by atoms with E-state index < -0.39 is 0 Å². The number of benzene rings is 1. The molecule has 0 unspecified atom stereocenters. The molecule has 2 aromatic rings. The molecule has 0 radical (unpaired) electrons. The molecule has 1 amide bonds. The largest absolute Gasteiger partial charge is 0.353 e. The quantitative estimate of drug-likeness (QED) is 0.690. The Labute approximate surface area is 137 Å². The summed E-state index contributed by atoms with van der Waals surface area (Å²) in [5, 5.41) is 15.9. The van der Waals surface area contributed by atoms with E-state index in [9.17, 15) is 14.9 Å². The molecule has 6 nitrogen and oxygen atoms in total. The molecule has 1 fully saturated rings. The van der Waals surface area contributed by atoms with Gasteiger partial charge in [-0.2, -0.15) is 0 Å². The lowest BCUT2D eigenvalue weighted by Crippen LogP contribution is -2.49. The van der Waals surface area contributed by atoms with Crippen LogP contribution in [0.2, 0.25) is 0 Å². The third-order valence-electron chi connectivity index (χ3n) is 4.11. The van der Waals surface area contributed by atoms with Crippen molar-refractivity contribution in [2.75, 3.05) is 13.1 Å². The number of nitro groups is 1. The summed E-state index contributed by atoms with van der Waals surface area (Å²) in [5.74, 6) is -0.0122. The second kappa shape index (κ2) is 6.47. The van der Waals surface area contributed by atoms with Crippen LogP contribution in [0.4, 0.5) is 5.69 Å². The molecule has 1 aliphatic heterocycles. The Hall–Kier alpha value is -2.25. The van der Waals surface area contributed by atoms with E-state index in [-0.39, 0.29) is 22.6 Å². The van der Waals surface area contributed by atoms with Crippen LogP contribution in [0.5, 0.6) is 0 Å². The third kappa shape index (κ3) is 3.11. The Morgan fingerprint density at radius 1 is 1.39 bits per heavy atom. The molecular weight excluding hydrogens is 314 g/mol. The second-order valence-electron chi connectivity index (χ2n) is 5.50. The van der Waals surface area contributed by atoms with Gasteiger partial charge in [-0.1, -0.05) is 18.2 Å². The maximum Gasteiger partial charge on any atom is 0.272 e. The predicted molar refractivity (Wildman–Crippen MR) is 88.3 cm³/mol. The number of carbonyl (C=O) groups excluding carboxylic acids is 1. The van der Waals surface area contributed by atoms with Gasteiger partial charge in [-0.25, -0.2) is 0 Å². The van der Waals surface area contributed by atoms with Crippen molar-refractivity contribution in [2.24, 2.45) is 0 Å². The van der Waals surface area contributed by atoms with Gasteiger partial charge in [0.15, 0.2) is 0 Å². The molecule has 1 aromatic carbocycles. The zero-order chi connectivity index (χ0) is 16.4. The fourth-order valence-electron chi connectivity index (χ4n) is 2.90. The lowest BCUT2D eigenvalue weighted by atomic mass is 10.0. The predicted octanol–water partition coefficient (Wildman–Crippen LogP) is 2.64. The van der Waals surface area contributed by atoms with Gasteiger partial charge < -0.3 is 5.32 Å². The van der Waals surface area contributed by atoms with Crippen molar-refractivity contribution in [2.45, 2.75) is 19.5 Å². The van der Waals surface area contributed by atoms with Crippen LogP contribution in [-0.4, -0.2) is 28.8 Å². The fourth-order valence-corrected chi connectivity index (χ4v) is 3.75. The molecule has 23 heavy (non-hydrogen) atoms. The van der Waals surface area contributed by atoms with Crippen LogP contribution in [0.15, 0.2) is 35.7 Å². The summed E-state index contributed by atoms with van der Waals surface area (Å²) >= 11 is 1.55. The normalized spacial score (nSPS) is 18.7. The first-order valence-corrected chi connectivity index (χ1v) is 8.24. The first kappa shape index (κ1) is 15.6. The highest BCUT2D eigenvalue weighted by Crippen LogP contribution is 2.30. The van der Waals surface area contributed by atoms with Crippen LogP contribution in [0.1, 0.15) is 22.0 Å². The molecule has 120 valence electrons. The van der Waals surface area contributed by atoms with E-state index in [1.807, 2.05) is 23.6 Å². The van der Waals surface area contributed by atoms with Crippen LogP contribution in [0.25, 0.3) is 0 Å². The van der Waals surface area contributed by atoms with Crippen molar-refractivity contribution < 1.29 is 9.72 Å².